The molecule has 0 spiro atoms. The van der Waals surface area contributed by atoms with Gasteiger partial charge in [-0.2, -0.15) is 0 Å². The molecule has 0 saturated heterocycles. The molecule has 4 aromatic rings. The molecule has 0 aliphatic rings. The fraction of sp³-hybridized carbons (Fsp3) is 0.300. The Bertz CT molecular complexity index is 1620. The Hall–Kier alpha value is -1.98. The van der Waals surface area contributed by atoms with E-state index in [4.69, 9.17) is 21.1 Å². The van der Waals surface area contributed by atoms with Gasteiger partial charge in [-0.05, 0) is 91.2 Å². The van der Waals surface area contributed by atoms with Crippen molar-refractivity contribution in [3.63, 3.8) is 0 Å². The summed E-state index contributed by atoms with van der Waals surface area (Å²) >= 11 is 6.94. The average molecular weight is 781 g/mol. The Morgan fingerprint density at radius 2 is 1.47 bits per heavy atom. The molecule has 0 amide bonds. The minimum absolute atomic E-state index is 0. The van der Waals surface area contributed by atoms with Crippen molar-refractivity contribution in [1.82, 2.24) is 4.98 Å². The Balaban J connectivity index is 0.000000590. The van der Waals surface area contributed by atoms with E-state index in [1.807, 2.05) is 18.3 Å². The molecule has 0 radical (unpaired) electrons. The van der Waals surface area contributed by atoms with Crippen molar-refractivity contribution >= 4 is 64.3 Å². The molecule has 0 fully saturated rings. The first kappa shape index (κ1) is 43.0. The molecule has 240 valence electrons. The number of hydrogen-bond acceptors (Lipinski definition) is 10. The van der Waals surface area contributed by atoms with Crippen molar-refractivity contribution in [2.75, 3.05) is 18.9 Å². The maximum absolute atomic E-state index is 10.4. The topological polar surface area (TPSA) is 200 Å². The van der Waals surface area contributed by atoms with Crippen molar-refractivity contribution < 1.29 is 62.8 Å². The smallest absolute Gasteiger partial charge is 0.744 e. The van der Waals surface area contributed by atoms with E-state index in [0.29, 0.717) is 11.8 Å². The zero-order chi connectivity index (χ0) is 33.6. The third-order valence-electron chi connectivity index (χ3n) is 5.78. The van der Waals surface area contributed by atoms with Gasteiger partial charge in [-0.15, -0.1) is 0 Å². The zero-order valence-corrected chi connectivity index (χ0v) is 31.6. The number of nitrogen functional groups attached to an aromatic ring is 1. The number of benzene rings is 3. The minimum Gasteiger partial charge on any atom is -0.744 e. The van der Waals surface area contributed by atoms with E-state index < -0.39 is 31.7 Å². The van der Waals surface area contributed by atoms with Crippen LogP contribution in [0.4, 0.5) is 11.4 Å². The molecule has 0 unspecified atom stereocenters. The van der Waals surface area contributed by atoms with Gasteiger partial charge in [0.1, 0.15) is 16.2 Å². The predicted octanol–water partition coefficient (Wildman–Crippen LogP) is 3.11. The zero-order valence-electron chi connectivity index (χ0n) is 25.6. The number of aliphatic hydroxyl groups is 3. The summed E-state index contributed by atoms with van der Waals surface area (Å²) in [5.74, 6) is 1.11. The quantitative estimate of drug-likeness (QED) is 0.0741. The summed E-state index contributed by atoms with van der Waals surface area (Å²) in [5.41, 5.74) is 9.72. The minimum atomic E-state index is -4.61. The molecule has 1 heterocycles. The van der Waals surface area contributed by atoms with E-state index in [1.165, 1.54) is 16.5 Å². The first-order valence-electron chi connectivity index (χ1n) is 13.2. The van der Waals surface area contributed by atoms with Crippen LogP contribution in [-0.2, 0) is 10.1 Å². The summed E-state index contributed by atoms with van der Waals surface area (Å²) < 4.78 is 33.4. The van der Waals surface area contributed by atoms with Crippen LogP contribution >= 0.6 is 31.9 Å². The second kappa shape index (κ2) is 21.0. The number of fused-ring (bicyclic) bond motifs is 1. The largest absolute Gasteiger partial charge is 1.00 e. The van der Waals surface area contributed by atoms with E-state index >= 15 is 0 Å². The first-order chi connectivity index (χ1) is 20.5. The van der Waals surface area contributed by atoms with Crippen molar-refractivity contribution in [2.45, 2.75) is 50.5 Å². The molecule has 0 saturated carbocycles. The van der Waals surface area contributed by atoms with E-state index in [1.54, 1.807) is 0 Å². The number of nitrogens with zero attached hydrogens (tertiary/aromatic N) is 2. The maximum atomic E-state index is 10.4. The van der Waals surface area contributed by atoms with Crippen LogP contribution < -0.4 is 35.3 Å². The van der Waals surface area contributed by atoms with Gasteiger partial charge >= 0.3 is 29.6 Å². The predicted molar refractivity (Wildman–Crippen MR) is 177 cm³/mol. The summed E-state index contributed by atoms with van der Waals surface area (Å²) in [6.07, 6.45) is 0.868. The molecule has 3 aromatic carbocycles. The van der Waals surface area contributed by atoms with Crippen LogP contribution in [-0.4, -0.2) is 57.5 Å². The molecule has 0 bridgehead atoms. The normalized spacial score (nSPS) is 10.6. The van der Waals surface area contributed by atoms with Crippen LogP contribution in [0.25, 0.3) is 10.9 Å². The number of rotatable bonds is 6. The molecule has 0 aliphatic carbocycles. The summed E-state index contributed by atoms with van der Waals surface area (Å²) in [6.45, 7) is 8.00. The fourth-order valence-electron chi connectivity index (χ4n) is 3.22. The molecule has 4 rings (SSSR count). The Kier molecular flexibility index (Phi) is 20.1. The third kappa shape index (κ3) is 15.4. The number of aromatic nitrogens is 1. The van der Waals surface area contributed by atoms with E-state index in [9.17, 15) is 23.1 Å². The second-order valence-corrected chi connectivity index (χ2v) is 13.0. The van der Waals surface area contributed by atoms with Gasteiger partial charge in [0.05, 0.1) is 28.5 Å². The van der Waals surface area contributed by atoms with Crippen LogP contribution in [0.15, 0.2) is 86.8 Å². The number of halogens is 2. The molecular weight excluding hydrogens is 745 g/mol. The Morgan fingerprint density at radius 1 is 0.889 bits per heavy atom. The molecular formula is C30H36Br2N3NaO8S. The van der Waals surface area contributed by atoms with E-state index in [-0.39, 0.29) is 42.8 Å². The Labute approximate surface area is 302 Å². The number of non-ortho nitro benzene ring substituents is 1. The SMILES string of the molecule is CC(C)c1cc(Br)c2ncccc2c1.CC(C)c1ccc(N)c(Br)c1.O=[N+]([O-])c1cccc(S(=O)(=O)[O-])c1.OCC(O)CO.[Na+]. The number of nitro groups is 1. The molecule has 15 heteroatoms. The number of hydrogen-bond donors (Lipinski definition) is 4. The van der Waals surface area contributed by atoms with Crippen LogP contribution in [0.3, 0.4) is 0 Å². The molecule has 45 heavy (non-hydrogen) atoms. The van der Waals surface area contributed by atoms with Crippen LogP contribution in [0.1, 0.15) is 50.7 Å². The number of aliphatic hydroxyl groups excluding tert-OH is 3. The van der Waals surface area contributed by atoms with Crippen molar-refractivity contribution in [3.05, 3.63) is 103 Å². The third-order valence-corrected chi connectivity index (χ3v) is 7.90. The monoisotopic (exact) mass is 779 g/mol. The number of pyridine rings is 1. The maximum Gasteiger partial charge on any atom is 1.00 e. The summed E-state index contributed by atoms with van der Waals surface area (Å²) in [5, 5.41) is 35.4. The number of anilines is 1. The van der Waals surface area contributed by atoms with E-state index in [2.05, 4.69) is 94.9 Å². The van der Waals surface area contributed by atoms with Gasteiger partial charge in [0, 0.05) is 38.3 Å². The molecule has 1 aromatic heterocycles. The van der Waals surface area contributed by atoms with Crippen molar-refractivity contribution in [3.8, 4) is 0 Å². The van der Waals surface area contributed by atoms with Gasteiger partial charge in [-0.25, -0.2) is 8.42 Å². The summed E-state index contributed by atoms with van der Waals surface area (Å²) in [4.78, 5) is 13.2. The summed E-state index contributed by atoms with van der Waals surface area (Å²) in [6, 6.07) is 18.5. The van der Waals surface area contributed by atoms with Crippen molar-refractivity contribution in [2.24, 2.45) is 0 Å². The van der Waals surface area contributed by atoms with Crippen LogP contribution in [0.5, 0.6) is 0 Å². The fourth-order valence-corrected chi connectivity index (χ4v) is 4.72. The molecule has 11 nitrogen and oxygen atoms in total. The van der Waals surface area contributed by atoms with Gasteiger partial charge < -0.3 is 25.6 Å². The number of nitrogens with two attached hydrogens (primary N) is 1. The first-order valence-corrected chi connectivity index (χ1v) is 16.2. The van der Waals surface area contributed by atoms with Gasteiger partial charge in [-0.1, -0.05) is 45.9 Å². The summed E-state index contributed by atoms with van der Waals surface area (Å²) in [7, 11) is -4.61. The standard InChI is InChI=1S/C12H12BrN.C9H12BrN.C6H5NO5S.C3H8O3.Na/c1-8(2)10-6-9-4-3-5-14-12(9)11(13)7-10;1-6(2)7-3-4-9(11)8(10)5-7;8-7(9)5-2-1-3-6(4-5)13(10,11)12;4-1-3(6)2-5;/h3-8H,1-2H3;3-6H,11H2,1-2H3;1-4H,(H,10,11,12);3-6H,1-2H2;/q;;;;+1/p-1. The second-order valence-electron chi connectivity index (χ2n) is 9.90. The van der Waals surface area contributed by atoms with Gasteiger partial charge in [-0.3, -0.25) is 15.1 Å². The van der Waals surface area contributed by atoms with Gasteiger partial charge in [0.25, 0.3) is 5.69 Å². The molecule has 5 N–H and O–H groups in total. The van der Waals surface area contributed by atoms with E-state index in [0.717, 1.165) is 44.4 Å². The van der Waals surface area contributed by atoms with Crippen LogP contribution in [0, 0.1) is 10.1 Å². The van der Waals surface area contributed by atoms with Crippen LogP contribution in [0.2, 0.25) is 0 Å². The van der Waals surface area contributed by atoms with Crippen molar-refractivity contribution in [1.29, 1.82) is 0 Å². The van der Waals surface area contributed by atoms with Gasteiger partial charge in [0.15, 0.2) is 0 Å². The Morgan fingerprint density at radius 3 is 1.93 bits per heavy atom. The number of nitro benzene ring substituents is 1. The molecule has 0 atom stereocenters. The molecule has 0 aliphatic heterocycles. The van der Waals surface area contributed by atoms with Gasteiger partial charge in [0.2, 0.25) is 0 Å². The average Bonchev–Trinajstić information content (AvgIpc) is 2.98.